The molecule has 0 aromatic carbocycles. The van der Waals surface area contributed by atoms with E-state index in [1.807, 2.05) is 20.8 Å². The first-order chi connectivity index (χ1) is 9.08. The lowest BCUT2D eigenvalue weighted by molar-refractivity contribution is 0.0948. The van der Waals surface area contributed by atoms with Crippen molar-refractivity contribution < 1.29 is 4.79 Å². The van der Waals surface area contributed by atoms with E-state index in [1.54, 1.807) is 6.20 Å². The summed E-state index contributed by atoms with van der Waals surface area (Å²) >= 11 is 0. The van der Waals surface area contributed by atoms with Crippen molar-refractivity contribution in [3.63, 3.8) is 0 Å². The zero-order valence-electron chi connectivity index (χ0n) is 11.9. The van der Waals surface area contributed by atoms with E-state index in [0.717, 1.165) is 18.7 Å². The molecule has 2 rings (SSSR count). The standard InChI is InChI=1S/C14H22N4O/c1-9(2)13-12(8-16-10(3)18-13)14(19)17-7-11-5-4-6-15-11/h8-9,11,15H,4-7H2,1-3H3,(H,17,19). The molecule has 104 valence electrons. The van der Waals surface area contributed by atoms with Crippen molar-refractivity contribution in [3.05, 3.63) is 23.3 Å². The highest BCUT2D eigenvalue weighted by Gasteiger charge is 2.19. The highest BCUT2D eigenvalue weighted by Crippen LogP contribution is 2.16. The molecule has 0 spiro atoms. The monoisotopic (exact) mass is 262 g/mol. The Bertz CT molecular complexity index is 453. The second kappa shape index (κ2) is 6.10. The molecule has 2 N–H and O–H groups in total. The fourth-order valence-electron chi connectivity index (χ4n) is 2.34. The summed E-state index contributed by atoms with van der Waals surface area (Å²) in [5.41, 5.74) is 1.42. The molecule has 5 nitrogen and oxygen atoms in total. The molecule has 0 saturated carbocycles. The van der Waals surface area contributed by atoms with Crippen LogP contribution in [0.4, 0.5) is 0 Å². The zero-order valence-corrected chi connectivity index (χ0v) is 11.9. The SMILES string of the molecule is Cc1ncc(C(=O)NCC2CCCN2)c(C(C)C)n1. The van der Waals surface area contributed by atoms with E-state index in [1.165, 1.54) is 6.42 Å². The minimum Gasteiger partial charge on any atom is -0.350 e. The number of rotatable bonds is 4. The van der Waals surface area contributed by atoms with Gasteiger partial charge in [0.2, 0.25) is 0 Å². The highest BCUT2D eigenvalue weighted by atomic mass is 16.1. The molecule has 1 aliphatic rings. The van der Waals surface area contributed by atoms with Gasteiger partial charge in [-0.2, -0.15) is 0 Å². The molecule has 1 amide bonds. The van der Waals surface area contributed by atoms with Gasteiger partial charge in [0.05, 0.1) is 11.3 Å². The van der Waals surface area contributed by atoms with Gasteiger partial charge in [0.15, 0.2) is 0 Å². The van der Waals surface area contributed by atoms with Crippen molar-refractivity contribution in [1.29, 1.82) is 0 Å². The molecular weight excluding hydrogens is 240 g/mol. The summed E-state index contributed by atoms with van der Waals surface area (Å²) in [4.78, 5) is 20.7. The zero-order chi connectivity index (χ0) is 13.8. The molecule has 1 atom stereocenters. The number of aryl methyl sites for hydroxylation is 1. The summed E-state index contributed by atoms with van der Waals surface area (Å²) in [6.45, 7) is 7.64. The third kappa shape index (κ3) is 3.50. The average Bonchev–Trinajstić information content (AvgIpc) is 2.88. The van der Waals surface area contributed by atoms with Gasteiger partial charge in [0, 0.05) is 18.8 Å². The Kier molecular flexibility index (Phi) is 4.47. The highest BCUT2D eigenvalue weighted by molar-refractivity contribution is 5.95. The Morgan fingerprint density at radius 1 is 1.58 bits per heavy atom. The summed E-state index contributed by atoms with van der Waals surface area (Å²) < 4.78 is 0. The number of amides is 1. The first-order valence-corrected chi connectivity index (χ1v) is 6.93. The van der Waals surface area contributed by atoms with Crippen LogP contribution in [-0.4, -0.2) is 35.0 Å². The van der Waals surface area contributed by atoms with Crippen LogP contribution in [0.3, 0.4) is 0 Å². The van der Waals surface area contributed by atoms with Gasteiger partial charge in [-0.3, -0.25) is 4.79 Å². The molecular formula is C14H22N4O. The number of hydrogen-bond donors (Lipinski definition) is 2. The normalized spacial score (nSPS) is 18.8. The Morgan fingerprint density at radius 3 is 3.00 bits per heavy atom. The number of hydrogen-bond acceptors (Lipinski definition) is 4. The molecule has 0 radical (unpaired) electrons. The van der Waals surface area contributed by atoms with Crippen LogP contribution in [0.2, 0.25) is 0 Å². The quantitative estimate of drug-likeness (QED) is 0.860. The topological polar surface area (TPSA) is 66.9 Å². The molecule has 1 aromatic rings. The van der Waals surface area contributed by atoms with Crippen LogP contribution in [0.15, 0.2) is 6.20 Å². The smallest absolute Gasteiger partial charge is 0.254 e. The van der Waals surface area contributed by atoms with E-state index >= 15 is 0 Å². The summed E-state index contributed by atoms with van der Waals surface area (Å²) in [7, 11) is 0. The lowest BCUT2D eigenvalue weighted by atomic mass is 10.0. The molecule has 1 saturated heterocycles. The summed E-state index contributed by atoms with van der Waals surface area (Å²) in [5, 5.41) is 6.34. The van der Waals surface area contributed by atoms with Crippen molar-refractivity contribution >= 4 is 5.91 Å². The van der Waals surface area contributed by atoms with E-state index in [9.17, 15) is 4.79 Å². The summed E-state index contributed by atoms with van der Waals surface area (Å²) in [6, 6.07) is 0.401. The van der Waals surface area contributed by atoms with Crippen molar-refractivity contribution in [2.45, 2.75) is 45.6 Å². The Morgan fingerprint density at radius 2 is 2.37 bits per heavy atom. The van der Waals surface area contributed by atoms with Crippen molar-refractivity contribution in [1.82, 2.24) is 20.6 Å². The van der Waals surface area contributed by atoms with Crippen molar-refractivity contribution in [3.8, 4) is 0 Å². The number of carbonyl (C=O) groups excluding carboxylic acids is 1. The van der Waals surface area contributed by atoms with Crippen LogP contribution in [0, 0.1) is 6.92 Å². The predicted molar refractivity (Wildman–Crippen MR) is 74.2 cm³/mol. The molecule has 1 fully saturated rings. The van der Waals surface area contributed by atoms with Gasteiger partial charge in [-0.25, -0.2) is 9.97 Å². The van der Waals surface area contributed by atoms with Gasteiger partial charge in [0.1, 0.15) is 5.82 Å². The molecule has 0 aliphatic carbocycles. The van der Waals surface area contributed by atoms with Crippen LogP contribution >= 0.6 is 0 Å². The number of aromatic nitrogens is 2. The van der Waals surface area contributed by atoms with Gasteiger partial charge >= 0.3 is 0 Å². The first-order valence-electron chi connectivity index (χ1n) is 6.93. The van der Waals surface area contributed by atoms with Crippen LogP contribution in [0.1, 0.15) is 54.5 Å². The molecule has 1 unspecified atom stereocenters. The summed E-state index contributed by atoms with van der Waals surface area (Å²) in [6.07, 6.45) is 3.95. The summed E-state index contributed by atoms with van der Waals surface area (Å²) in [5.74, 6) is 0.849. The van der Waals surface area contributed by atoms with Crippen LogP contribution in [-0.2, 0) is 0 Å². The van der Waals surface area contributed by atoms with E-state index in [-0.39, 0.29) is 11.8 Å². The van der Waals surface area contributed by atoms with Gasteiger partial charge in [-0.1, -0.05) is 13.8 Å². The maximum Gasteiger partial charge on any atom is 0.254 e. The molecule has 2 heterocycles. The molecule has 19 heavy (non-hydrogen) atoms. The van der Waals surface area contributed by atoms with Crippen molar-refractivity contribution in [2.24, 2.45) is 0 Å². The average molecular weight is 262 g/mol. The number of nitrogens with one attached hydrogen (secondary N) is 2. The third-order valence-electron chi connectivity index (χ3n) is 3.40. The maximum atomic E-state index is 12.2. The van der Waals surface area contributed by atoms with Gasteiger partial charge in [-0.05, 0) is 32.2 Å². The molecule has 1 aromatic heterocycles. The van der Waals surface area contributed by atoms with Crippen molar-refractivity contribution in [2.75, 3.05) is 13.1 Å². The van der Waals surface area contributed by atoms with E-state index < -0.39 is 0 Å². The second-order valence-electron chi connectivity index (χ2n) is 5.37. The lowest BCUT2D eigenvalue weighted by Gasteiger charge is -2.14. The molecule has 1 aliphatic heterocycles. The van der Waals surface area contributed by atoms with Crippen LogP contribution in [0.25, 0.3) is 0 Å². The van der Waals surface area contributed by atoms with Crippen LogP contribution < -0.4 is 10.6 Å². The number of carbonyl (C=O) groups is 1. The minimum absolute atomic E-state index is 0.0719. The van der Waals surface area contributed by atoms with E-state index in [0.29, 0.717) is 24.0 Å². The fraction of sp³-hybridized carbons (Fsp3) is 0.643. The number of nitrogens with zero attached hydrogens (tertiary/aromatic N) is 2. The Hall–Kier alpha value is -1.49. The van der Waals surface area contributed by atoms with E-state index in [2.05, 4.69) is 20.6 Å². The lowest BCUT2D eigenvalue weighted by Crippen LogP contribution is -2.37. The Balaban J connectivity index is 2.05. The van der Waals surface area contributed by atoms with Crippen LogP contribution in [0.5, 0.6) is 0 Å². The first kappa shape index (κ1) is 13.9. The van der Waals surface area contributed by atoms with E-state index in [4.69, 9.17) is 0 Å². The maximum absolute atomic E-state index is 12.2. The molecule has 5 heteroatoms. The van der Waals surface area contributed by atoms with Gasteiger partial charge < -0.3 is 10.6 Å². The van der Waals surface area contributed by atoms with Gasteiger partial charge in [0.25, 0.3) is 5.91 Å². The minimum atomic E-state index is -0.0719. The second-order valence-corrected chi connectivity index (χ2v) is 5.37. The predicted octanol–water partition coefficient (Wildman–Crippen LogP) is 1.39. The third-order valence-corrected chi connectivity index (χ3v) is 3.40. The molecule has 0 bridgehead atoms. The van der Waals surface area contributed by atoms with Gasteiger partial charge in [-0.15, -0.1) is 0 Å². The Labute approximate surface area is 114 Å². The fourth-order valence-corrected chi connectivity index (χ4v) is 2.34. The largest absolute Gasteiger partial charge is 0.350 e.